The highest BCUT2D eigenvalue weighted by Crippen LogP contribution is 2.38. The van der Waals surface area contributed by atoms with E-state index in [1.165, 1.54) is 12.8 Å². The van der Waals surface area contributed by atoms with Crippen LogP contribution in [0.2, 0.25) is 0 Å². The average Bonchev–Trinajstić information content (AvgIpc) is 2.92. The van der Waals surface area contributed by atoms with Crippen molar-refractivity contribution in [2.45, 2.75) is 57.7 Å². The van der Waals surface area contributed by atoms with Crippen molar-refractivity contribution in [2.75, 3.05) is 13.2 Å². The van der Waals surface area contributed by atoms with Crippen LogP contribution < -0.4 is 10.6 Å². The summed E-state index contributed by atoms with van der Waals surface area (Å²) in [5.41, 5.74) is -0.152. The summed E-state index contributed by atoms with van der Waals surface area (Å²) in [6.45, 7) is 7.22. The molecular weight excluding hydrogens is 216 g/mol. The zero-order valence-corrected chi connectivity index (χ0v) is 11.1. The van der Waals surface area contributed by atoms with Gasteiger partial charge < -0.3 is 15.4 Å². The second-order valence-corrected chi connectivity index (χ2v) is 6.25. The van der Waals surface area contributed by atoms with Crippen molar-refractivity contribution in [3.63, 3.8) is 0 Å². The fourth-order valence-corrected chi connectivity index (χ4v) is 2.41. The van der Waals surface area contributed by atoms with Gasteiger partial charge in [-0.15, -0.1) is 0 Å². The van der Waals surface area contributed by atoms with Crippen molar-refractivity contribution in [2.24, 2.45) is 5.92 Å². The van der Waals surface area contributed by atoms with Gasteiger partial charge in [-0.05, 0) is 46.0 Å². The van der Waals surface area contributed by atoms with Crippen LogP contribution >= 0.6 is 0 Å². The molecule has 4 nitrogen and oxygen atoms in total. The third kappa shape index (κ3) is 3.96. The van der Waals surface area contributed by atoms with Gasteiger partial charge in [-0.2, -0.15) is 0 Å². The molecule has 2 rings (SSSR count). The Morgan fingerprint density at radius 2 is 2.00 bits per heavy atom. The summed E-state index contributed by atoms with van der Waals surface area (Å²) in [6.07, 6.45) is 3.95. The van der Waals surface area contributed by atoms with E-state index in [2.05, 4.69) is 10.6 Å². The minimum absolute atomic E-state index is 0.0685. The zero-order chi connectivity index (χ0) is 12.5. The van der Waals surface area contributed by atoms with E-state index in [4.69, 9.17) is 4.74 Å². The normalized spacial score (nSPS) is 29.4. The number of carbonyl (C=O) groups excluding carboxylic acids is 1. The van der Waals surface area contributed by atoms with E-state index in [1.54, 1.807) is 0 Å². The van der Waals surface area contributed by atoms with Crippen molar-refractivity contribution < 1.29 is 9.53 Å². The maximum atomic E-state index is 11.7. The van der Waals surface area contributed by atoms with Gasteiger partial charge in [-0.1, -0.05) is 0 Å². The first-order valence-electron chi connectivity index (χ1n) is 6.62. The van der Waals surface area contributed by atoms with Gasteiger partial charge in [0.25, 0.3) is 0 Å². The van der Waals surface area contributed by atoms with Crippen LogP contribution in [-0.2, 0) is 9.53 Å². The summed E-state index contributed by atoms with van der Waals surface area (Å²) in [6, 6.07) is 0.369. The highest BCUT2D eigenvalue weighted by Gasteiger charge is 2.40. The highest BCUT2D eigenvalue weighted by atomic mass is 16.5. The fraction of sp³-hybridized carbons (Fsp3) is 0.923. The summed E-state index contributed by atoms with van der Waals surface area (Å²) < 4.78 is 5.73. The third-order valence-corrected chi connectivity index (χ3v) is 3.26. The minimum atomic E-state index is -0.152. The molecule has 1 amide bonds. The summed E-state index contributed by atoms with van der Waals surface area (Å²) in [7, 11) is 0. The Kier molecular flexibility index (Phi) is 3.73. The summed E-state index contributed by atoms with van der Waals surface area (Å²) in [4.78, 5) is 11.7. The Bertz CT molecular complexity index is 282. The summed E-state index contributed by atoms with van der Waals surface area (Å²) >= 11 is 0. The topological polar surface area (TPSA) is 50.4 Å². The molecule has 0 radical (unpaired) electrons. The fourth-order valence-electron chi connectivity index (χ4n) is 2.41. The Hall–Kier alpha value is -0.610. The SMILES string of the molecule is CC(C)(C)NC(=O)CNC1CCOC1C1CC1. The van der Waals surface area contributed by atoms with Crippen LogP contribution in [0.25, 0.3) is 0 Å². The molecule has 0 aromatic carbocycles. The van der Waals surface area contributed by atoms with Crippen LogP contribution in [0.5, 0.6) is 0 Å². The van der Waals surface area contributed by atoms with Crippen LogP contribution in [0.4, 0.5) is 0 Å². The second kappa shape index (κ2) is 4.94. The van der Waals surface area contributed by atoms with Gasteiger partial charge in [0.2, 0.25) is 5.91 Å². The molecule has 0 spiro atoms. The number of ether oxygens (including phenoxy) is 1. The molecule has 0 aromatic heterocycles. The van der Waals surface area contributed by atoms with E-state index in [9.17, 15) is 4.79 Å². The van der Waals surface area contributed by atoms with E-state index >= 15 is 0 Å². The Morgan fingerprint density at radius 3 is 2.59 bits per heavy atom. The monoisotopic (exact) mass is 240 g/mol. The molecule has 2 fully saturated rings. The largest absolute Gasteiger partial charge is 0.376 e. The number of carbonyl (C=O) groups is 1. The first-order chi connectivity index (χ1) is 7.96. The lowest BCUT2D eigenvalue weighted by molar-refractivity contribution is -0.121. The molecule has 4 heteroatoms. The molecule has 2 N–H and O–H groups in total. The van der Waals surface area contributed by atoms with E-state index in [0.29, 0.717) is 18.7 Å². The van der Waals surface area contributed by atoms with Gasteiger partial charge >= 0.3 is 0 Å². The highest BCUT2D eigenvalue weighted by molar-refractivity contribution is 5.78. The second-order valence-electron chi connectivity index (χ2n) is 6.25. The Morgan fingerprint density at radius 1 is 1.29 bits per heavy atom. The number of hydrogen-bond donors (Lipinski definition) is 2. The molecule has 17 heavy (non-hydrogen) atoms. The zero-order valence-electron chi connectivity index (χ0n) is 11.1. The maximum Gasteiger partial charge on any atom is 0.234 e. The van der Waals surface area contributed by atoms with Crippen LogP contribution in [0.15, 0.2) is 0 Å². The van der Waals surface area contributed by atoms with Crippen LogP contribution in [0.3, 0.4) is 0 Å². The van der Waals surface area contributed by atoms with Gasteiger partial charge in [0.1, 0.15) is 0 Å². The van der Waals surface area contributed by atoms with Crippen molar-refractivity contribution >= 4 is 5.91 Å². The molecule has 1 aliphatic carbocycles. The lowest BCUT2D eigenvalue weighted by atomic mass is 10.1. The van der Waals surface area contributed by atoms with E-state index in [-0.39, 0.29) is 11.4 Å². The summed E-state index contributed by atoms with van der Waals surface area (Å²) in [5, 5.41) is 6.30. The van der Waals surface area contributed by atoms with Crippen LogP contribution in [0.1, 0.15) is 40.0 Å². The molecule has 98 valence electrons. The standard InChI is InChI=1S/C13H24N2O2/c1-13(2,3)15-11(16)8-14-10-6-7-17-12(10)9-4-5-9/h9-10,12,14H,4-8H2,1-3H3,(H,15,16). The number of amides is 1. The van der Waals surface area contributed by atoms with E-state index in [0.717, 1.165) is 18.9 Å². The molecule has 0 bridgehead atoms. The van der Waals surface area contributed by atoms with Crippen molar-refractivity contribution in [3.05, 3.63) is 0 Å². The molecule has 1 saturated carbocycles. The quantitative estimate of drug-likeness (QED) is 0.772. The van der Waals surface area contributed by atoms with E-state index in [1.807, 2.05) is 20.8 Å². The predicted octanol–water partition coefficient (Wildman–Crippen LogP) is 1.06. The molecule has 1 heterocycles. The summed E-state index contributed by atoms with van der Waals surface area (Å²) in [5.74, 6) is 0.805. The molecule has 2 unspecified atom stereocenters. The van der Waals surface area contributed by atoms with Crippen molar-refractivity contribution in [1.82, 2.24) is 10.6 Å². The molecule has 1 aliphatic heterocycles. The Labute approximate surface area is 103 Å². The minimum Gasteiger partial charge on any atom is -0.376 e. The number of nitrogens with one attached hydrogen (secondary N) is 2. The Balaban J connectivity index is 1.72. The van der Waals surface area contributed by atoms with E-state index < -0.39 is 0 Å². The van der Waals surface area contributed by atoms with Gasteiger partial charge in [0.05, 0.1) is 12.6 Å². The molecule has 2 atom stereocenters. The number of rotatable bonds is 4. The van der Waals surface area contributed by atoms with Crippen molar-refractivity contribution in [3.8, 4) is 0 Å². The maximum absolute atomic E-state index is 11.7. The molecule has 0 aromatic rings. The average molecular weight is 240 g/mol. The third-order valence-electron chi connectivity index (χ3n) is 3.26. The van der Waals surface area contributed by atoms with Gasteiger partial charge in [-0.25, -0.2) is 0 Å². The molecule has 1 saturated heterocycles. The van der Waals surface area contributed by atoms with Gasteiger partial charge in [-0.3, -0.25) is 4.79 Å². The van der Waals surface area contributed by atoms with Crippen LogP contribution in [-0.4, -0.2) is 36.7 Å². The molecular formula is C13H24N2O2. The van der Waals surface area contributed by atoms with Crippen LogP contribution in [0, 0.1) is 5.92 Å². The predicted molar refractivity (Wildman–Crippen MR) is 66.8 cm³/mol. The lowest BCUT2D eigenvalue weighted by Crippen LogP contribution is -2.48. The lowest BCUT2D eigenvalue weighted by Gasteiger charge is -2.23. The smallest absolute Gasteiger partial charge is 0.234 e. The van der Waals surface area contributed by atoms with Gasteiger partial charge in [0, 0.05) is 18.2 Å². The number of hydrogen-bond acceptors (Lipinski definition) is 3. The van der Waals surface area contributed by atoms with Gasteiger partial charge in [0.15, 0.2) is 0 Å². The molecule has 2 aliphatic rings. The first-order valence-corrected chi connectivity index (χ1v) is 6.62. The first kappa shape index (κ1) is 12.8. The van der Waals surface area contributed by atoms with Crippen molar-refractivity contribution in [1.29, 1.82) is 0 Å².